The molecule has 5 heteroatoms. The Morgan fingerprint density at radius 1 is 1.17 bits per heavy atom. The molecule has 1 aromatic heterocycles. The minimum absolute atomic E-state index is 0.421. The van der Waals surface area contributed by atoms with Gasteiger partial charge in [0.1, 0.15) is 5.82 Å². The van der Waals surface area contributed by atoms with Gasteiger partial charge in [0.2, 0.25) is 0 Å². The number of fused-ring (bicyclic) bond motifs is 2. The molecule has 0 amide bonds. The van der Waals surface area contributed by atoms with Gasteiger partial charge in [0.25, 0.3) is 0 Å². The second-order valence-electron chi connectivity index (χ2n) is 7.46. The lowest BCUT2D eigenvalue weighted by molar-refractivity contribution is -0.158. The quantitative estimate of drug-likeness (QED) is 0.927. The maximum atomic E-state index is 6.00. The SMILES string of the molecule is c1cc(N2CCOCC2)ncc1N[C@@H]1[C@@H]2CCO[C@H]2C12CCC2. The molecule has 0 radical (unpaired) electrons. The number of rotatable bonds is 3. The molecule has 1 aromatic rings. The largest absolute Gasteiger partial charge is 0.380 e. The summed E-state index contributed by atoms with van der Waals surface area (Å²) in [5.74, 6) is 1.77. The van der Waals surface area contributed by atoms with E-state index in [1.165, 1.54) is 25.7 Å². The fourth-order valence-corrected chi connectivity index (χ4v) is 5.09. The molecule has 2 aliphatic heterocycles. The van der Waals surface area contributed by atoms with Crippen molar-refractivity contribution in [1.82, 2.24) is 4.98 Å². The molecule has 3 atom stereocenters. The summed E-state index contributed by atoms with van der Waals surface area (Å²) < 4.78 is 11.4. The second kappa shape index (κ2) is 5.35. The Labute approximate surface area is 137 Å². The number of pyridine rings is 1. The van der Waals surface area contributed by atoms with Crippen LogP contribution in [0.2, 0.25) is 0 Å². The van der Waals surface area contributed by atoms with E-state index in [0.29, 0.717) is 23.5 Å². The van der Waals surface area contributed by atoms with Gasteiger partial charge in [-0.1, -0.05) is 6.42 Å². The zero-order valence-corrected chi connectivity index (χ0v) is 13.5. The average molecular weight is 315 g/mol. The lowest BCUT2D eigenvalue weighted by Crippen LogP contribution is -2.68. The van der Waals surface area contributed by atoms with Gasteiger partial charge in [-0.25, -0.2) is 4.98 Å². The summed E-state index contributed by atoms with van der Waals surface area (Å²) in [5, 5.41) is 3.79. The molecule has 2 saturated heterocycles. The summed E-state index contributed by atoms with van der Waals surface area (Å²) in [7, 11) is 0. The standard InChI is InChI=1S/C18H25N3O2/c1-5-18(6-1)16(14-4-9-23-17(14)18)20-13-2-3-15(19-12-13)21-7-10-22-11-8-21/h2-3,12,14,16-17,20H,1,4-11H2/t14-,16+,17+/m0/s1. The van der Waals surface area contributed by atoms with Gasteiger partial charge >= 0.3 is 0 Å². The van der Waals surface area contributed by atoms with Crippen LogP contribution in [0.15, 0.2) is 18.3 Å². The summed E-state index contributed by atoms with van der Waals surface area (Å²) in [5.41, 5.74) is 1.58. The summed E-state index contributed by atoms with van der Waals surface area (Å²) in [4.78, 5) is 6.96. The van der Waals surface area contributed by atoms with Gasteiger partial charge in [-0.2, -0.15) is 0 Å². The highest BCUT2D eigenvalue weighted by molar-refractivity contribution is 5.50. The van der Waals surface area contributed by atoms with Crippen molar-refractivity contribution < 1.29 is 9.47 Å². The number of hydrogen-bond donors (Lipinski definition) is 1. The van der Waals surface area contributed by atoms with E-state index in [4.69, 9.17) is 9.47 Å². The number of aromatic nitrogens is 1. The van der Waals surface area contributed by atoms with Gasteiger partial charge in [-0.05, 0) is 31.4 Å². The molecule has 124 valence electrons. The molecule has 2 aliphatic carbocycles. The van der Waals surface area contributed by atoms with Crippen molar-refractivity contribution >= 4 is 11.5 Å². The molecule has 2 saturated carbocycles. The van der Waals surface area contributed by atoms with Crippen LogP contribution in [0.4, 0.5) is 11.5 Å². The first-order valence-electron chi connectivity index (χ1n) is 9.04. The highest BCUT2D eigenvalue weighted by Crippen LogP contribution is 2.63. The van der Waals surface area contributed by atoms with E-state index >= 15 is 0 Å². The van der Waals surface area contributed by atoms with E-state index in [0.717, 1.165) is 44.4 Å². The third-order valence-corrected chi connectivity index (χ3v) is 6.44. The topological polar surface area (TPSA) is 46.6 Å². The van der Waals surface area contributed by atoms with Crippen molar-refractivity contribution in [2.45, 2.75) is 37.8 Å². The predicted molar refractivity (Wildman–Crippen MR) is 88.8 cm³/mol. The molecule has 4 aliphatic rings. The number of hydrogen-bond acceptors (Lipinski definition) is 5. The molecule has 23 heavy (non-hydrogen) atoms. The van der Waals surface area contributed by atoms with Gasteiger partial charge < -0.3 is 19.7 Å². The van der Waals surface area contributed by atoms with E-state index in [1.807, 2.05) is 6.20 Å². The first-order valence-corrected chi connectivity index (χ1v) is 9.04. The van der Waals surface area contributed by atoms with Crippen LogP contribution in [-0.2, 0) is 9.47 Å². The van der Waals surface area contributed by atoms with Crippen molar-refractivity contribution in [2.75, 3.05) is 43.1 Å². The van der Waals surface area contributed by atoms with Crippen LogP contribution in [0.5, 0.6) is 0 Å². The van der Waals surface area contributed by atoms with E-state index in [2.05, 4.69) is 27.3 Å². The zero-order valence-electron chi connectivity index (χ0n) is 13.5. The van der Waals surface area contributed by atoms with Gasteiger partial charge in [0.15, 0.2) is 0 Å². The molecule has 1 spiro atoms. The third kappa shape index (κ3) is 2.09. The number of anilines is 2. The summed E-state index contributed by atoms with van der Waals surface area (Å²) >= 11 is 0. The third-order valence-electron chi connectivity index (χ3n) is 6.44. The summed E-state index contributed by atoms with van der Waals surface area (Å²) in [6, 6.07) is 4.91. The first kappa shape index (κ1) is 14.1. The minimum Gasteiger partial charge on any atom is -0.380 e. The Kier molecular flexibility index (Phi) is 3.27. The van der Waals surface area contributed by atoms with Crippen molar-refractivity contribution in [3.8, 4) is 0 Å². The number of ether oxygens (including phenoxy) is 2. The maximum absolute atomic E-state index is 6.00. The normalized spacial score (nSPS) is 34.6. The molecule has 5 nitrogen and oxygen atoms in total. The number of nitrogens with zero attached hydrogens (tertiary/aromatic N) is 2. The fourth-order valence-electron chi connectivity index (χ4n) is 5.09. The first-order chi connectivity index (χ1) is 11.4. The number of nitrogens with one attached hydrogen (secondary N) is 1. The molecule has 4 fully saturated rings. The van der Waals surface area contributed by atoms with Crippen LogP contribution in [0.25, 0.3) is 0 Å². The molecule has 0 bridgehead atoms. The molecule has 0 unspecified atom stereocenters. The van der Waals surface area contributed by atoms with E-state index in [1.54, 1.807) is 0 Å². The Morgan fingerprint density at radius 2 is 2.04 bits per heavy atom. The molecule has 5 rings (SSSR count). The van der Waals surface area contributed by atoms with E-state index in [9.17, 15) is 0 Å². The minimum atomic E-state index is 0.421. The highest BCUT2D eigenvalue weighted by atomic mass is 16.5. The zero-order chi connectivity index (χ0) is 15.3. The van der Waals surface area contributed by atoms with Crippen LogP contribution in [0, 0.1) is 11.3 Å². The predicted octanol–water partition coefficient (Wildman–Crippen LogP) is 2.29. The van der Waals surface area contributed by atoms with Crippen LogP contribution < -0.4 is 10.2 Å². The Hall–Kier alpha value is -1.33. The lowest BCUT2D eigenvalue weighted by atomic mass is 9.46. The molecular weight excluding hydrogens is 290 g/mol. The smallest absolute Gasteiger partial charge is 0.128 e. The molecule has 3 heterocycles. The van der Waals surface area contributed by atoms with E-state index in [-0.39, 0.29) is 0 Å². The van der Waals surface area contributed by atoms with Crippen molar-refractivity contribution in [1.29, 1.82) is 0 Å². The van der Waals surface area contributed by atoms with Gasteiger partial charge in [-0.15, -0.1) is 0 Å². The van der Waals surface area contributed by atoms with Crippen molar-refractivity contribution in [3.63, 3.8) is 0 Å². The maximum Gasteiger partial charge on any atom is 0.128 e. The second-order valence-corrected chi connectivity index (χ2v) is 7.46. The summed E-state index contributed by atoms with van der Waals surface area (Å²) in [6.45, 7) is 4.42. The van der Waals surface area contributed by atoms with Crippen LogP contribution in [0.3, 0.4) is 0 Å². The Morgan fingerprint density at radius 3 is 2.74 bits per heavy atom. The van der Waals surface area contributed by atoms with Crippen LogP contribution in [0.1, 0.15) is 25.7 Å². The monoisotopic (exact) mass is 315 g/mol. The molecular formula is C18H25N3O2. The van der Waals surface area contributed by atoms with Gasteiger partial charge in [0.05, 0.1) is 31.2 Å². The van der Waals surface area contributed by atoms with Gasteiger partial charge in [0, 0.05) is 37.1 Å². The van der Waals surface area contributed by atoms with Crippen molar-refractivity contribution in [2.24, 2.45) is 11.3 Å². The number of morpholine rings is 1. The van der Waals surface area contributed by atoms with E-state index < -0.39 is 0 Å². The Balaban J connectivity index is 1.29. The fraction of sp³-hybridized carbons (Fsp3) is 0.722. The van der Waals surface area contributed by atoms with Gasteiger partial charge in [-0.3, -0.25) is 0 Å². The lowest BCUT2D eigenvalue weighted by Gasteiger charge is -2.63. The molecule has 1 N–H and O–H groups in total. The average Bonchev–Trinajstić information content (AvgIpc) is 2.98. The summed E-state index contributed by atoms with van der Waals surface area (Å²) in [6.07, 6.45) is 7.74. The highest BCUT2D eigenvalue weighted by Gasteiger charge is 2.66. The van der Waals surface area contributed by atoms with Crippen molar-refractivity contribution in [3.05, 3.63) is 18.3 Å². The Bertz CT molecular complexity index is 566. The van der Waals surface area contributed by atoms with Crippen LogP contribution >= 0.6 is 0 Å². The molecule has 0 aromatic carbocycles. The van der Waals surface area contributed by atoms with Crippen LogP contribution in [-0.4, -0.2) is 50.0 Å².